The van der Waals surface area contributed by atoms with E-state index in [9.17, 15) is 9.18 Å². The predicted octanol–water partition coefficient (Wildman–Crippen LogP) is 5.90. The van der Waals surface area contributed by atoms with Crippen LogP contribution in [0.4, 0.5) is 26.6 Å². The SMILES string of the molecule is CN(C)c1nc(N[C@H]2CC[C@@H](NC(=O)Nc3c(F)cc(Br)cc3Br)CC2)nc2ccccc12. The lowest BCUT2D eigenvalue weighted by Crippen LogP contribution is -2.42. The molecule has 1 saturated carbocycles. The molecule has 1 aliphatic carbocycles. The summed E-state index contributed by atoms with van der Waals surface area (Å²) in [7, 11) is 3.94. The molecule has 7 nitrogen and oxygen atoms in total. The van der Waals surface area contributed by atoms with Crippen molar-refractivity contribution in [3.05, 3.63) is 51.2 Å². The third-order valence-electron chi connectivity index (χ3n) is 5.65. The number of anilines is 3. The van der Waals surface area contributed by atoms with Gasteiger partial charge >= 0.3 is 6.03 Å². The maximum absolute atomic E-state index is 14.2. The fourth-order valence-corrected chi connectivity index (χ4v) is 5.30. The van der Waals surface area contributed by atoms with Crippen LogP contribution < -0.4 is 20.9 Å². The van der Waals surface area contributed by atoms with Crippen molar-refractivity contribution in [2.75, 3.05) is 29.6 Å². The highest BCUT2D eigenvalue weighted by Gasteiger charge is 2.24. The molecule has 10 heteroatoms. The van der Waals surface area contributed by atoms with Crippen molar-refractivity contribution in [1.29, 1.82) is 0 Å². The van der Waals surface area contributed by atoms with E-state index in [2.05, 4.69) is 52.8 Å². The third kappa shape index (κ3) is 5.73. The summed E-state index contributed by atoms with van der Waals surface area (Å²) in [5, 5.41) is 10.0. The quantitative estimate of drug-likeness (QED) is 0.350. The van der Waals surface area contributed by atoms with Crippen LogP contribution in [-0.2, 0) is 0 Å². The molecule has 174 valence electrons. The zero-order chi connectivity index (χ0) is 23.5. The molecule has 0 unspecified atom stereocenters. The molecule has 2 aromatic carbocycles. The largest absolute Gasteiger partial charge is 0.362 e. The van der Waals surface area contributed by atoms with Crippen LogP contribution in [0, 0.1) is 5.82 Å². The van der Waals surface area contributed by atoms with Gasteiger partial charge < -0.3 is 20.9 Å². The number of urea groups is 1. The van der Waals surface area contributed by atoms with Crippen LogP contribution >= 0.6 is 31.9 Å². The van der Waals surface area contributed by atoms with Gasteiger partial charge in [-0.2, -0.15) is 4.98 Å². The third-order valence-corrected chi connectivity index (χ3v) is 6.73. The minimum Gasteiger partial charge on any atom is -0.362 e. The first kappa shape index (κ1) is 23.7. The minimum atomic E-state index is -0.508. The van der Waals surface area contributed by atoms with Gasteiger partial charge in [0.2, 0.25) is 5.95 Å². The lowest BCUT2D eigenvalue weighted by molar-refractivity contribution is 0.243. The molecule has 0 bridgehead atoms. The van der Waals surface area contributed by atoms with E-state index in [1.54, 1.807) is 6.07 Å². The van der Waals surface area contributed by atoms with E-state index >= 15 is 0 Å². The van der Waals surface area contributed by atoms with Crippen LogP contribution in [0.2, 0.25) is 0 Å². The Bertz CT molecular complexity index is 1140. The van der Waals surface area contributed by atoms with Gasteiger partial charge in [0.1, 0.15) is 11.6 Å². The molecule has 1 fully saturated rings. The lowest BCUT2D eigenvalue weighted by atomic mass is 9.91. The molecule has 1 aromatic heterocycles. The lowest BCUT2D eigenvalue weighted by Gasteiger charge is -2.30. The van der Waals surface area contributed by atoms with Gasteiger partial charge in [0.25, 0.3) is 0 Å². The molecule has 0 atom stereocenters. The summed E-state index contributed by atoms with van der Waals surface area (Å²) in [5.41, 5.74) is 1.02. The number of fused-ring (bicyclic) bond motifs is 1. The molecule has 33 heavy (non-hydrogen) atoms. The number of nitrogens with zero attached hydrogens (tertiary/aromatic N) is 3. The highest BCUT2D eigenvalue weighted by Crippen LogP contribution is 2.30. The van der Waals surface area contributed by atoms with Crippen LogP contribution in [0.5, 0.6) is 0 Å². The molecule has 1 heterocycles. The second kappa shape index (κ2) is 10.2. The van der Waals surface area contributed by atoms with Crippen molar-refractivity contribution < 1.29 is 9.18 Å². The predicted molar refractivity (Wildman–Crippen MR) is 137 cm³/mol. The van der Waals surface area contributed by atoms with E-state index < -0.39 is 11.8 Å². The number of nitrogens with one attached hydrogen (secondary N) is 3. The first-order valence-corrected chi connectivity index (χ1v) is 12.3. The number of carbonyl (C=O) groups is 1. The summed E-state index contributed by atoms with van der Waals surface area (Å²) in [4.78, 5) is 23.8. The molecule has 0 aliphatic heterocycles. The van der Waals surface area contributed by atoms with Crippen LogP contribution in [0.1, 0.15) is 25.7 Å². The van der Waals surface area contributed by atoms with Crippen molar-refractivity contribution in [2.45, 2.75) is 37.8 Å². The highest BCUT2D eigenvalue weighted by atomic mass is 79.9. The van der Waals surface area contributed by atoms with Gasteiger partial charge in [0.05, 0.1) is 11.2 Å². The van der Waals surface area contributed by atoms with Crippen molar-refractivity contribution in [2.24, 2.45) is 0 Å². The molecule has 2 amide bonds. The Kier molecular flexibility index (Phi) is 7.33. The fourth-order valence-electron chi connectivity index (χ4n) is 4.03. The molecular weight excluding hydrogens is 555 g/mol. The zero-order valence-corrected chi connectivity index (χ0v) is 21.5. The summed E-state index contributed by atoms with van der Waals surface area (Å²) >= 11 is 6.51. The first-order valence-electron chi connectivity index (χ1n) is 10.7. The molecule has 4 rings (SSSR count). The number of hydrogen-bond donors (Lipinski definition) is 3. The molecule has 1 aliphatic rings. The topological polar surface area (TPSA) is 82.2 Å². The number of carbonyl (C=O) groups excluding carboxylic acids is 1. The standard InChI is InChI=1S/C23H25Br2FN6O/c1-32(2)21-16-5-3-4-6-19(16)29-22(31-21)27-14-7-9-15(10-8-14)28-23(33)30-20-17(25)11-13(24)12-18(20)26/h3-6,11-12,14-15H,7-10H2,1-2H3,(H,27,29,31)(H2,28,30,33)/t14-,15+. The smallest absolute Gasteiger partial charge is 0.319 e. The van der Waals surface area contributed by atoms with Gasteiger partial charge in [-0.15, -0.1) is 0 Å². The van der Waals surface area contributed by atoms with Crippen molar-refractivity contribution >= 4 is 66.2 Å². The van der Waals surface area contributed by atoms with Gasteiger partial charge in [0, 0.05) is 40.5 Å². The van der Waals surface area contributed by atoms with E-state index in [0.717, 1.165) is 42.4 Å². The average molecular weight is 580 g/mol. The number of hydrogen-bond acceptors (Lipinski definition) is 5. The summed E-state index contributed by atoms with van der Waals surface area (Å²) < 4.78 is 15.2. The second-order valence-corrected chi connectivity index (χ2v) is 10.1. The van der Waals surface area contributed by atoms with Gasteiger partial charge in [-0.1, -0.05) is 28.1 Å². The summed E-state index contributed by atoms with van der Waals surface area (Å²) in [6, 6.07) is 10.8. The summed E-state index contributed by atoms with van der Waals surface area (Å²) in [6.07, 6.45) is 3.36. The van der Waals surface area contributed by atoms with Crippen molar-refractivity contribution in [3.8, 4) is 0 Å². The molecule has 0 spiro atoms. The summed E-state index contributed by atoms with van der Waals surface area (Å²) in [6.45, 7) is 0. The van der Waals surface area contributed by atoms with E-state index in [1.807, 2.05) is 43.3 Å². The van der Waals surface area contributed by atoms with Gasteiger partial charge in [-0.25, -0.2) is 14.2 Å². The Morgan fingerprint density at radius 2 is 1.76 bits per heavy atom. The molecular formula is C23H25Br2FN6O. The molecule has 0 saturated heterocycles. The maximum Gasteiger partial charge on any atom is 0.319 e. The van der Waals surface area contributed by atoms with E-state index in [0.29, 0.717) is 14.9 Å². The normalized spacial score (nSPS) is 18.1. The number of halogens is 3. The van der Waals surface area contributed by atoms with Gasteiger partial charge in [-0.3, -0.25) is 0 Å². The first-order chi connectivity index (χ1) is 15.8. The maximum atomic E-state index is 14.2. The van der Waals surface area contributed by atoms with Gasteiger partial charge in [-0.05, 0) is 65.9 Å². The number of amides is 2. The molecule has 3 aromatic rings. The Morgan fingerprint density at radius 3 is 2.45 bits per heavy atom. The number of aromatic nitrogens is 2. The van der Waals surface area contributed by atoms with E-state index in [1.165, 1.54) is 6.07 Å². The second-order valence-electron chi connectivity index (χ2n) is 8.32. The fraction of sp³-hybridized carbons (Fsp3) is 0.348. The van der Waals surface area contributed by atoms with Crippen molar-refractivity contribution in [1.82, 2.24) is 15.3 Å². The Hall–Kier alpha value is -2.46. The Balaban J connectivity index is 1.34. The molecule has 0 radical (unpaired) electrons. The number of benzene rings is 2. The Labute approximate surface area is 208 Å². The molecule has 3 N–H and O–H groups in total. The van der Waals surface area contributed by atoms with Crippen LogP contribution in [-0.4, -0.2) is 42.2 Å². The summed E-state index contributed by atoms with van der Waals surface area (Å²) in [5.74, 6) is 0.982. The van der Waals surface area contributed by atoms with E-state index in [-0.39, 0.29) is 17.8 Å². The zero-order valence-electron chi connectivity index (χ0n) is 18.3. The highest BCUT2D eigenvalue weighted by molar-refractivity contribution is 9.11. The number of rotatable bonds is 5. The van der Waals surface area contributed by atoms with Gasteiger partial charge in [0.15, 0.2) is 0 Å². The van der Waals surface area contributed by atoms with Crippen LogP contribution in [0.25, 0.3) is 10.9 Å². The minimum absolute atomic E-state index is 0.0233. The number of para-hydroxylation sites is 1. The Morgan fingerprint density at radius 1 is 1.06 bits per heavy atom. The van der Waals surface area contributed by atoms with Crippen LogP contribution in [0.15, 0.2) is 45.3 Å². The van der Waals surface area contributed by atoms with E-state index in [4.69, 9.17) is 4.98 Å². The average Bonchev–Trinajstić information content (AvgIpc) is 2.77. The van der Waals surface area contributed by atoms with Crippen LogP contribution in [0.3, 0.4) is 0 Å². The monoisotopic (exact) mass is 578 g/mol. The van der Waals surface area contributed by atoms with Crippen molar-refractivity contribution in [3.63, 3.8) is 0 Å².